The van der Waals surface area contributed by atoms with Crippen LogP contribution in [0.5, 0.6) is 0 Å². The molecule has 24 heavy (non-hydrogen) atoms. The van der Waals surface area contributed by atoms with Gasteiger partial charge in [0.25, 0.3) is 0 Å². The zero-order valence-electron chi connectivity index (χ0n) is 14.5. The van der Waals surface area contributed by atoms with Crippen LogP contribution in [-0.4, -0.2) is 63.6 Å². The average molecular weight is 466 g/mol. The summed E-state index contributed by atoms with van der Waals surface area (Å²) in [5, 5.41) is 3.36. The van der Waals surface area contributed by atoms with E-state index in [0.29, 0.717) is 19.0 Å². The summed E-state index contributed by atoms with van der Waals surface area (Å²) in [6, 6.07) is 10.2. The van der Waals surface area contributed by atoms with Gasteiger partial charge in [0, 0.05) is 40.3 Å². The average Bonchev–Trinajstić information content (AvgIpc) is 2.98. The van der Waals surface area contributed by atoms with Crippen LogP contribution in [0.2, 0.25) is 0 Å². The number of guanidine groups is 1. The normalized spacial score (nSPS) is 19.0. The molecule has 0 aliphatic carbocycles. The maximum Gasteiger partial charge on any atom is 0.211 e. The van der Waals surface area contributed by atoms with Crippen molar-refractivity contribution in [3.8, 4) is 0 Å². The van der Waals surface area contributed by atoms with E-state index in [1.165, 1.54) is 11.8 Å². The van der Waals surface area contributed by atoms with Crippen LogP contribution in [0.4, 0.5) is 0 Å². The van der Waals surface area contributed by atoms with E-state index in [1.807, 2.05) is 25.2 Å². The molecule has 0 saturated carbocycles. The maximum absolute atomic E-state index is 11.6. The first kappa shape index (κ1) is 21.2. The van der Waals surface area contributed by atoms with Crippen molar-refractivity contribution in [3.63, 3.8) is 0 Å². The summed E-state index contributed by atoms with van der Waals surface area (Å²) in [4.78, 5) is 6.38. The van der Waals surface area contributed by atoms with Gasteiger partial charge in [0.05, 0.1) is 6.26 Å². The zero-order chi connectivity index (χ0) is 16.9. The third kappa shape index (κ3) is 6.21. The third-order valence-electron chi connectivity index (χ3n) is 4.10. The first-order valence-electron chi connectivity index (χ1n) is 7.81. The molecule has 0 radical (unpaired) electrons. The molecule has 6 nitrogen and oxygen atoms in total. The molecule has 136 valence electrons. The summed E-state index contributed by atoms with van der Waals surface area (Å²) in [7, 11) is 0.693. The second-order valence-electron chi connectivity index (χ2n) is 6.05. The lowest BCUT2D eigenvalue weighted by molar-refractivity contribution is 0.443. The summed E-state index contributed by atoms with van der Waals surface area (Å²) in [5.74, 6) is 1.15. The first-order chi connectivity index (χ1) is 10.9. The first-order valence-corrected chi connectivity index (χ1v) is 9.66. The molecule has 1 N–H and O–H groups in total. The molecule has 0 bridgehead atoms. The number of nitrogens with zero attached hydrogens (tertiary/aromatic N) is 3. The van der Waals surface area contributed by atoms with Crippen LogP contribution in [0.25, 0.3) is 0 Å². The molecule has 1 aromatic rings. The van der Waals surface area contributed by atoms with Gasteiger partial charge in [-0.15, -0.1) is 24.0 Å². The Bertz CT molecular complexity index is 637. The SMILES string of the molecule is CN=C(NCC1CCN(S(C)(=O)=O)C1)N(C)Cc1ccccc1.I. The van der Waals surface area contributed by atoms with Crippen LogP contribution in [-0.2, 0) is 16.6 Å². The minimum Gasteiger partial charge on any atom is -0.356 e. The molecule has 2 rings (SSSR count). The molecule has 1 saturated heterocycles. The minimum absolute atomic E-state index is 0. The number of rotatable bonds is 5. The smallest absolute Gasteiger partial charge is 0.211 e. The van der Waals surface area contributed by atoms with Crippen molar-refractivity contribution in [3.05, 3.63) is 35.9 Å². The Kier molecular flexibility index (Phi) is 8.44. The molecule has 1 heterocycles. The largest absolute Gasteiger partial charge is 0.356 e. The van der Waals surface area contributed by atoms with E-state index >= 15 is 0 Å². The number of hydrogen-bond acceptors (Lipinski definition) is 3. The van der Waals surface area contributed by atoms with E-state index < -0.39 is 10.0 Å². The Balaban J connectivity index is 0.00000288. The molecular weight excluding hydrogens is 439 g/mol. The summed E-state index contributed by atoms with van der Waals surface area (Å²) in [6.07, 6.45) is 2.16. The standard InChI is InChI=1S/C16H26N4O2S.HI/c1-17-16(19(2)12-14-7-5-4-6-8-14)18-11-15-9-10-20(13-15)23(3,21)22;/h4-8,15H,9-13H2,1-3H3,(H,17,18);1H. The van der Waals surface area contributed by atoms with Crippen molar-refractivity contribution in [2.75, 3.05) is 40.0 Å². The highest BCUT2D eigenvalue weighted by atomic mass is 127. The quantitative estimate of drug-likeness (QED) is 0.407. The number of hydrogen-bond donors (Lipinski definition) is 1. The van der Waals surface area contributed by atoms with Crippen LogP contribution in [0.15, 0.2) is 35.3 Å². The maximum atomic E-state index is 11.6. The van der Waals surface area contributed by atoms with Gasteiger partial charge in [-0.25, -0.2) is 12.7 Å². The van der Waals surface area contributed by atoms with Crippen molar-refractivity contribution in [1.82, 2.24) is 14.5 Å². The molecular formula is C16H27IN4O2S. The van der Waals surface area contributed by atoms with Crippen molar-refractivity contribution in [2.45, 2.75) is 13.0 Å². The van der Waals surface area contributed by atoms with Gasteiger partial charge in [0.2, 0.25) is 10.0 Å². The van der Waals surface area contributed by atoms with Gasteiger partial charge in [0.1, 0.15) is 0 Å². The molecule has 1 aliphatic rings. The lowest BCUT2D eigenvalue weighted by Crippen LogP contribution is -2.41. The molecule has 1 unspecified atom stereocenters. The van der Waals surface area contributed by atoms with Crippen molar-refractivity contribution in [2.24, 2.45) is 10.9 Å². The van der Waals surface area contributed by atoms with Crippen molar-refractivity contribution < 1.29 is 8.42 Å². The lowest BCUT2D eigenvalue weighted by atomic mass is 10.1. The summed E-state index contributed by atoms with van der Waals surface area (Å²) >= 11 is 0. The Morgan fingerprint density at radius 2 is 2.04 bits per heavy atom. The molecule has 1 fully saturated rings. The van der Waals surface area contributed by atoms with E-state index in [1.54, 1.807) is 11.4 Å². The monoisotopic (exact) mass is 466 g/mol. The van der Waals surface area contributed by atoms with Gasteiger partial charge in [-0.1, -0.05) is 30.3 Å². The molecule has 1 atom stereocenters. The van der Waals surface area contributed by atoms with Crippen LogP contribution in [0.1, 0.15) is 12.0 Å². The Morgan fingerprint density at radius 1 is 1.38 bits per heavy atom. The van der Waals surface area contributed by atoms with Crippen LogP contribution < -0.4 is 5.32 Å². The predicted molar refractivity (Wildman–Crippen MR) is 109 cm³/mol. The van der Waals surface area contributed by atoms with E-state index in [2.05, 4.69) is 27.3 Å². The number of nitrogens with one attached hydrogen (secondary N) is 1. The fourth-order valence-corrected chi connectivity index (χ4v) is 3.74. The second kappa shape index (κ2) is 9.57. The van der Waals surface area contributed by atoms with E-state index in [9.17, 15) is 8.42 Å². The number of aliphatic imine (C=N–C) groups is 1. The predicted octanol–water partition coefficient (Wildman–Crippen LogP) is 1.59. The Labute approximate surface area is 162 Å². The van der Waals surface area contributed by atoms with E-state index in [0.717, 1.165) is 25.5 Å². The molecule has 1 aliphatic heterocycles. The second-order valence-corrected chi connectivity index (χ2v) is 8.03. The van der Waals surface area contributed by atoms with Crippen molar-refractivity contribution in [1.29, 1.82) is 0 Å². The topological polar surface area (TPSA) is 65.0 Å². The van der Waals surface area contributed by atoms with Gasteiger partial charge < -0.3 is 10.2 Å². The summed E-state index contributed by atoms with van der Waals surface area (Å²) < 4.78 is 24.7. The molecule has 1 aromatic carbocycles. The highest BCUT2D eigenvalue weighted by Crippen LogP contribution is 2.18. The Morgan fingerprint density at radius 3 is 2.58 bits per heavy atom. The highest BCUT2D eigenvalue weighted by molar-refractivity contribution is 14.0. The molecule has 0 spiro atoms. The van der Waals surface area contributed by atoms with Gasteiger partial charge in [0.15, 0.2) is 5.96 Å². The fourth-order valence-electron chi connectivity index (χ4n) is 2.82. The highest BCUT2D eigenvalue weighted by Gasteiger charge is 2.28. The Hall–Kier alpha value is -0.870. The van der Waals surface area contributed by atoms with Gasteiger partial charge in [-0.05, 0) is 17.9 Å². The van der Waals surface area contributed by atoms with Crippen LogP contribution >= 0.6 is 24.0 Å². The fraction of sp³-hybridized carbons (Fsp3) is 0.562. The number of sulfonamides is 1. The van der Waals surface area contributed by atoms with Gasteiger partial charge >= 0.3 is 0 Å². The van der Waals surface area contributed by atoms with Gasteiger partial charge in [-0.3, -0.25) is 4.99 Å². The van der Waals surface area contributed by atoms with E-state index in [4.69, 9.17) is 0 Å². The van der Waals surface area contributed by atoms with E-state index in [-0.39, 0.29) is 24.0 Å². The van der Waals surface area contributed by atoms with Crippen LogP contribution in [0.3, 0.4) is 0 Å². The zero-order valence-corrected chi connectivity index (χ0v) is 17.6. The molecule has 8 heteroatoms. The third-order valence-corrected chi connectivity index (χ3v) is 5.37. The lowest BCUT2D eigenvalue weighted by Gasteiger charge is -2.23. The van der Waals surface area contributed by atoms with Crippen molar-refractivity contribution >= 4 is 40.0 Å². The number of halogens is 1. The summed E-state index contributed by atoms with van der Waals surface area (Å²) in [5.41, 5.74) is 1.22. The number of benzene rings is 1. The molecule has 0 amide bonds. The molecule has 0 aromatic heterocycles. The van der Waals surface area contributed by atoms with Crippen LogP contribution in [0, 0.1) is 5.92 Å². The minimum atomic E-state index is -3.07. The van der Waals surface area contributed by atoms with Gasteiger partial charge in [-0.2, -0.15) is 0 Å². The summed E-state index contributed by atoms with van der Waals surface area (Å²) in [6.45, 7) is 2.72.